The van der Waals surface area contributed by atoms with E-state index in [1.54, 1.807) is 0 Å². The number of aliphatic imine (C=N–C) groups is 1. The molecule has 0 aliphatic heterocycles. The van der Waals surface area contributed by atoms with Gasteiger partial charge in [0.15, 0.2) is 5.96 Å². The van der Waals surface area contributed by atoms with Crippen molar-refractivity contribution in [2.24, 2.45) is 10.4 Å². The summed E-state index contributed by atoms with van der Waals surface area (Å²) in [5.41, 5.74) is -0.256. The van der Waals surface area contributed by atoms with Gasteiger partial charge in [-0.1, -0.05) is 32.1 Å². The van der Waals surface area contributed by atoms with Gasteiger partial charge in [-0.05, 0) is 51.4 Å². The predicted octanol–water partition coefficient (Wildman–Crippen LogP) is 3.84. The summed E-state index contributed by atoms with van der Waals surface area (Å²) in [4.78, 5) is 4.89. The summed E-state index contributed by atoms with van der Waals surface area (Å²) in [5, 5.41) is 17.4. The van der Waals surface area contributed by atoms with Gasteiger partial charge < -0.3 is 20.5 Å². The minimum absolute atomic E-state index is 0. The molecule has 154 valence electrons. The molecular weight excluding hydrogens is 441 g/mol. The molecule has 2 rings (SSSR count). The molecule has 0 atom stereocenters. The Morgan fingerprint density at radius 1 is 1.00 bits per heavy atom. The van der Waals surface area contributed by atoms with Crippen molar-refractivity contribution in [3.05, 3.63) is 0 Å². The number of rotatable bonds is 9. The smallest absolute Gasteiger partial charge is 0.191 e. The van der Waals surface area contributed by atoms with E-state index in [0.717, 1.165) is 64.4 Å². The van der Waals surface area contributed by atoms with Gasteiger partial charge in [-0.2, -0.15) is 0 Å². The predicted molar refractivity (Wildman–Crippen MR) is 119 cm³/mol. The summed E-state index contributed by atoms with van der Waals surface area (Å²) in [7, 11) is 0. The molecule has 5 nitrogen and oxygen atoms in total. The monoisotopic (exact) mass is 481 g/mol. The van der Waals surface area contributed by atoms with Crippen molar-refractivity contribution in [2.75, 3.05) is 32.8 Å². The quantitative estimate of drug-likeness (QED) is 0.203. The van der Waals surface area contributed by atoms with Crippen LogP contribution in [0, 0.1) is 5.41 Å². The molecule has 0 amide bonds. The average Bonchev–Trinajstić information content (AvgIpc) is 3.07. The summed E-state index contributed by atoms with van der Waals surface area (Å²) >= 11 is 0. The summed E-state index contributed by atoms with van der Waals surface area (Å²) in [6.07, 6.45) is 11.6. The van der Waals surface area contributed by atoms with Gasteiger partial charge in [0.1, 0.15) is 0 Å². The largest absolute Gasteiger partial charge is 0.388 e. The van der Waals surface area contributed by atoms with Gasteiger partial charge in [-0.3, -0.25) is 4.99 Å². The Kier molecular flexibility index (Phi) is 11.4. The number of halogens is 1. The van der Waals surface area contributed by atoms with Crippen molar-refractivity contribution < 1.29 is 9.84 Å². The highest BCUT2D eigenvalue weighted by atomic mass is 127. The highest BCUT2D eigenvalue weighted by Crippen LogP contribution is 2.41. The van der Waals surface area contributed by atoms with E-state index in [0.29, 0.717) is 12.0 Å². The number of hydrogen-bond donors (Lipinski definition) is 3. The summed E-state index contributed by atoms with van der Waals surface area (Å²) in [6.45, 7) is 8.09. The first-order valence-electron chi connectivity index (χ1n) is 10.4. The van der Waals surface area contributed by atoms with Gasteiger partial charge in [0.2, 0.25) is 0 Å². The zero-order valence-electron chi connectivity index (χ0n) is 16.8. The van der Waals surface area contributed by atoms with Crippen LogP contribution in [0.1, 0.15) is 78.1 Å². The van der Waals surface area contributed by atoms with Crippen molar-refractivity contribution >= 4 is 29.9 Å². The van der Waals surface area contributed by atoms with Gasteiger partial charge in [-0.15, -0.1) is 24.0 Å². The van der Waals surface area contributed by atoms with Crippen LogP contribution in [0.4, 0.5) is 0 Å². The van der Waals surface area contributed by atoms with Crippen molar-refractivity contribution in [3.63, 3.8) is 0 Å². The topological polar surface area (TPSA) is 65.9 Å². The number of nitrogens with zero attached hydrogens (tertiary/aromatic N) is 1. The molecule has 0 aromatic rings. The molecule has 0 unspecified atom stereocenters. The summed E-state index contributed by atoms with van der Waals surface area (Å²) in [5.74, 6) is 0.851. The maximum Gasteiger partial charge on any atom is 0.191 e. The van der Waals surface area contributed by atoms with Crippen LogP contribution in [0.15, 0.2) is 4.99 Å². The Morgan fingerprint density at radius 3 is 2.27 bits per heavy atom. The fraction of sp³-hybridized carbons (Fsp3) is 0.950. The molecule has 2 fully saturated rings. The van der Waals surface area contributed by atoms with E-state index in [4.69, 9.17) is 9.73 Å². The highest BCUT2D eigenvalue weighted by molar-refractivity contribution is 14.0. The SMILES string of the molecule is CCNC(=NCC1(CCOCC)CCCC1)NCC1(O)CCCCC1.I. The van der Waals surface area contributed by atoms with Crippen LogP contribution in [0.25, 0.3) is 0 Å². The Hall–Kier alpha value is -0.0800. The summed E-state index contributed by atoms with van der Waals surface area (Å²) < 4.78 is 5.60. The number of ether oxygens (including phenoxy) is 1. The molecule has 2 aliphatic carbocycles. The second-order valence-electron chi connectivity index (χ2n) is 7.99. The Morgan fingerprint density at radius 2 is 1.65 bits per heavy atom. The minimum Gasteiger partial charge on any atom is -0.388 e. The Balaban J connectivity index is 0.00000338. The van der Waals surface area contributed by atoms with Crippen LogP contribution >= 0.6 is 24.0 Å². The first kappa shape index (κ1) is 24.0. The van der Waals surface area contributed by atoms with Crippen molar-refractivity contribution in [1.82, 2.24) is 10.6 Å². The maximum atomic E-state index is 10.7. The lowest BCUT2D eigenvalue weighted by atomic mass is 9.83. The molecule has 0 heterocycles. The molecule has 0 bridgehead atoms. The Labute approximate surface area is 177 Å². The summed E-state index contributed by atoms with van der Waals surface area (Å²) in [6, 6.07) is 0. The fourth-order valence-corrected chi connectivity index (χ4v) is 4.27. The van der Waals surface area contributed by atoms with E-state index in [2.05, 4.69) is 24.5 Å². The number of hydrogen-bond acceptors (Lipinski definition) is 3. The number of nitrogens with one attached hydrogen (secondary N) is 2. The van der Waals surface area contributed by atoms with Gasteiger partial charge in [0, 0.05) is 32.8 Å². The van der Waals surface area contributed by atoms with E-state index >= 15 is 0 Å². The third-order valence-corrected chi connectivity index (χ3v) is 5.93. The molecule has 2 aliphatic rings. The second kappa shape index (κ2) is 12.4. The lowest BCUT2D eigenvalue weighted by molar-refractivity contribution is 0.00857. The lowest BCUT2D eigenvalue weighted by Gasteiger charge is -2.33. The average molecular weight is 481 g/mol. The minimum atomic E-state index is -0.561. The first-order valence-corrected chi connectivity index (χ1v) is 10.4. The molecule has 6 heteroatoms. The van der Waals surface area contributed by atoms with Crippen molar-refractivity contribution in [1.29, 1.82) is 0 Å². The molecule has 26 heavy (non-hydrogen) atoms. The van der Waals surface area contributed by atoms with Crippen LogP contribution in [0.5, 0.6) is 0 Å². The third kappa shape index (κ3) is 7.89. The van der Waals surface area contributed by atoms with Gasteiger partial charge >= 0.3 is 0 Å². The third-order valence-electron chi connectivity index (χ3n) is 5.93. The van der Waals surface area contributed by atoms with Crippen molar-refractivity contribution in [3.8, 4) is 0 Å². The number of aliphatic hydroxyl groups is 1. The van der Waals surface area contributed by atoms with E-state index in [-0.39, 0.29) is 24.0 Å². The number of guanidine groups is 1. The van der Waals surface area contributed by atoms with Gasteiger partial charge in [0.05, 0.1) is 5.60 Å². The fourth-order valence-electron chi connectivity index (χ4n) is 4.27. The van der Waals surface area contributed by atoms with Gasteiger partial charge in [-0.25, -0.2) is 0 Å². The van der Waals surface area contributed by atoms with E-state index in [1.165, 1.54) is 32.1 Å². The molecule has 0 aromatic carbocycles. The van der Waals surface area contributed by atoms with Crippen LogP contribution in [-0.2, 0) is 4.74 Å². The molecule has 0 radical (unpaired) electrons. The van der Waals surface area contributed by atoms with E-state index in [9.17, 15) is 5.11 Å². The van der Waals surface area contributed by atoms with Crippen LogP contribution in [-0.4, -0.2) is 49.5 Å². The normalized spacial score (nSPS) is 21.9. The van der Waals surface area contributed by atoms with Crippen LogP contribution < -0.4 is 10.6 Å². The van der Waals surface area contributed by atoms with Crippen LogP contribution in [0.2, 0.25) is 0 Å². The van der Waals surface area contributed by atoms with Crippen LogP contribution in [0.3, 0.4) is 0 Å². The molecule has 2 saturated carbocycles. The van der Waals surface area contributed by atoms with Crippen molar-refractivity contribution in [2.45, 2.75) is 83.7 Å². The van der Waals surface area contributed by atoms with Gasteiger partial charge in [0.25, 0.3) is 0 Å². The molecule has 0 saturated heterocycles. The molecular formula is C20H40IN3O2. The molecule has 3 N–H and O–H groups in total. The first-order chi connectivity index (χ1) is 12.1. The Bertz CT molecular complexity index is 406. The zero-order chi connectivity index (χ0) is 18.0. The highest BCUT2D eigenvalue weighted by Gasteiger charge is 2.34. The molecule has 0 spiro atoms. The maximum absolute atomic E-state index is 10.7. The zero-order valence-corrected chi connectivity index (χ0v) is 19.1. The second-order valence-corrected chi connectivity index (χ2v) is 7.99. The standard InChI is InChI=1S/C20H39N3O2.HI/c1-3-21-18(23-17-20(24)12-6-5-7-13-20)22-16-19(10-8-9-11-19)14-15-25-4-2;/h24H,3-17H2,1-2H3,(H2,21,22,23);1H. The van der Waals surface area contributed by atoms with E-state index in [1.807, 2.05) is 0 Å². The lowest BCUT2D eigenvalue weighted by Crippen LogP contribution is -2.48. The molecule has 0 aromatic heterocycles. The van der Waals surface area contributed by atoms with E-state index < -0.39 is 5.60 Å².